The Balaban J connectivity index is 1.51. The highest BCUT2D eigenvalue weighted by molar-refractivity contribution is 4.93. The van der Waals surface area contributed by atoms with Crippen molar-refractivity contribution in [2.75, 3.05) is 19.8 Å². The SMILES string of the molecule is C[C@H](NC1CCOC2(CCOCC2)C1)C1CCCCC1. The first-order chi connectivity index (χ1) is 9.77. The van der Waals surface area contributed by atoms with Gasteiger partial charge in [-0.25, -0.2) is 0 Å². The van der Waals surface area contributed by atoms with Crippen molar-refractivity contribution >= 4 is 0 Å². The average molecular weight is 281 g/mol. The Bertz CT molecular complexity index is 290. The fourth-order valence-electron chi connectivity index (χ4n) is 4.40. The lowest BCUT2D eigenvalue weighted by Gasteiger charge is -2.44. The lowest BCUT2D eigenvalue weighted by atomic mass is 9.81. The second-order valence-electron chi connectivity index (χ2n) is 7.19. The van der Waals surface area contributed by atoms with Gasteiger partial charge in [0.25, 0.3) is 0 Å². The summed E-state index contributed by atoms with van der Waals surface area (Å²) in [5.74, 6) is 0.900. The fraction of sp³-hybridized carbons (Fsp3) is 1.00. The standard InChI is InChI=1S/C17H31NO2/c1-14(15-5-3-2-4-6-15)18-16-7-10-20-17(13-16)8-11-19-12-9-17/h14-16,18H,2-13H2,1H3/t14-,16?/m0/s1. The molecule has 3 fully saturated rings. The van der Waals surface area contributed by atoms with Crippen molar-refractivity contribution in [3.63, 3.8) is 0 Å². The van der Waals surface area contributed by atoms with E-state index in [4.69, 9.17) is 9.47 Å². The molecule has 0 radical (unpaired) electrons. The lowest BCUT2D eigenvalue weighted by Crippen LogP contribution is -2.52. The summed E-state index contributed by atoms with van der Waals surface area (Å²) in [5.41, 5.74) is 0.125. The summed E-state index contributed by atoms with van der Waals surface area (Å²) in [6.45, 7) is 5.09. The van der Waals surface area contributed by atoms with Gasteiger partial charge in [-0.3, -0.25) is 0 Å². The van der Waals surface area contributed by atoms with Crippen LogP contribution in [0, 0.1) is 5.92 Å². The molecular weight excluding hydrogens is 250 g/mol. The molecule has 3 rings (SSSR count). The van der Waals surface area contributed by atoms with Crippen LogP contribution in [-0.2, 0) is 9.47 Å². The Morgan fingerprint density at radius 2 is 1.75 bits per heavy atom. The lowest BCUT2D eigenvalue weighted by molar-refractivity contribution is -0.141. The third-order valence-corrected chi connectivity index (χ3v) is 5.75. The zero-order valence-electron chi connectivity index (χ0n) is 13.0. The van der Waals surface area contributed by atoms with E-state index < -0.39 is 0 Å². The zero-order chi connectivity index (χ0) is 13.8. The van der Waals surface area contributed by atoms with Crippen LogP contribution in [0.15, 0.2) is 0 Å². The van der Waals surface area contributed by atoms with Gasteiger partial charge in [0.05, 0.1) is 5.60 Å². The summed E-state index contributed by atoms with van der Waals surface area (Å²) in [5, 5.41) is 3.94. The average Bonchev–Trinajstić information content (AvgIpc) is 2.49. The molecule has 0 aromatic heterocycles. The van der Waals surface area contributed by atoms with E-state index in [1.54, 1.807) is 0 Å². The number of hydrogen-bond donors (Lipinski definition) is 1. The summed E-state index contributed by atoms with van der Waals surface area (Å²) < 4.78 is 11.7. The van der Waals surface area contributed by atoms with Gasteiger partial charge in [0.1, 0.15) is 0 Å². The van der Waals surface area contributed by atoms with Gasteiger partial charge in [0.15, 0.2) is 0 Å². The van der Waals surface area contributed by atoms with Crippen molar-refractivity contribution in [2.45, 2.75) is 82.4 Å². The van der Waals surface area contributed by atoms with Gasteiger partial charge in [0.2, 0.25) is 0 Å². The Morgan fingerprint density at radius 3 is 2.50 bits per heavy atom. The molecule has 116 valence electrons. The van der Waals surface area contributed by atoms with Crippen LogP contribution in [0.4, 0.5) is 0 Å². The maximum atomic E-state index is 6.14. The van der Waals surface area contributed by atoms with E-state index in [1.165, 1.54) is 44.9 Å². The second-order valence-corrected chi connectivity index (χ2v) is 7.19. The first-order valence-corrected chi connectivity index (χ1v) is 8.75. The monoisotopic (exact) mass is 281 g/mol. The molecule has 3 nitrogen and oxygen atoms in total. The minimum absolute atomic E-state index is 0.125. The van der Waals surface area contributed by atoms with Gasteiger partial charge >= 0.3 is 0 Å². The van der Waals surface area contributed by atoms with Crippen molar-refractivity contribution in [3.05, 3.63) is 0 Å². The highest BCUT2D eigenvalue weighted by Crippen LogP contribution is 2.35. The second kappa shape index (κ2) is 6.76. The molecule has 20 heavy (non-hydrogen) atoms. The van der Waals surface area contributed by atoms with Crippen LogP contribution in [0.1, 0.15) is 64.7 Å². The van der Waals surface area contributed by atoms with Crippen LogP contribution in [0.25, 0.3) is 0 Å². The van der Waals surface area contributed by atoms with Crippen molar-refractivity contribution in [3.8, 4) is 0 Å². The number of rotatable bonds is 3. The van der Waals surface area contributed by atoms with Crippen molar-refractivity contribution in [1.82, 2.24) is 5.32 Å². The third-order valence-electron chi connectivity index (χ3n) is 5.75. The molecule has 1 aliphatic carbocycles. The molecule has 2 saturated heterocycles. The van der Waals surface area contributed by atoms with E-state index >= 15 is 0 Å². The van der Waals surface area contributed by atoms with E-state index in [9.17, 15) is 0 Å². The Labute approximate surface area is 123 Å². The molecule has 3 aliphatic rings. The fourth-order valence-corrected chi connectivity index (χ4v) is 4.40. The molecule has 2 atom stereocenters. The number of hydrogen-bond acceptors (Lipinski definition) is 3. The molecule has 1 saturated carbocycles. The molecule has 2 heterocycles. The summed E-state index contributed by atoms with van der Waals surface area (Å²) in [7, 11) is 0. The van der Waals surface area contributed by atoms with Crippen LogP contribution in [-0.4, -0.2) is 37.5 Å². The maximum absolute atomic E-state index is 6.14. The molecule has 1 unspecified atom stereocenters. The van der Waals surface area contributed by atoms with Gasteiger partial charge < -0.3 is 14.8 Å². The first kappa shape index (κ1) is 14.8. The molecular formula is C17H31NO2. The highest BCUT2D eigenvalue weighted by atomic mass is 16.5. The molecule has 0 aromatic carbocycles. The quantitative estimate of drug-likeness (QED) is 0.861. The minimum atomic E-state index is 0.125. The van der Waals surface area contributed by atoms with Crippen LogP contribution in [0.3, 0.4) is 0 Å². The molecule has 0 bridgehead atoms. The van der Waals surface area contributed by atoms with Gasteiger partial charge in [-0.05, 0) is 51.4 Å². The van der Waals surface area contributed by atoms with Gasteiger partial charge in [0, 0.05) is 31.9 Å². The predicted molar refractivity (Wildman–Crippen MR) is 80.9 cm³/mol. The van der Waals surface area contributed by atoms with Gasteiger partial charge in [-0.2, -0.15) is 0 Å². The minimum Gasteiger partial charge on any atom is -0.381 e. The van der Waals surface area contributed by atoms with Gasteiger partial charge in [-0.1, -0.05) is 19.3 Å². The Hall–Kier alpha value is -0.120. The van der Waals surface area contributed by atoms with Gasteiger partial charge in [-0.15, -0.1) is 0 Å². The van der Waals surface area contributed by atoms with Crippen molar-refractivity contribution in [2.24, 2.45) is 5.92 Å². The Morgan fingerprint density at radius 1 is 1.00 bits per heavy atom. The smallest absolute Gasteiger partial charge is 0.0741 e. The third kappa shape index (κ3) is 3.55. The highest BCUT2D eigenvalue weighted by Gasteiger charge is 2.39. The van der Waals surface area contributed by atoms with Crippen LogP contribution in [0.2, 0.25) is 0 Å². The van der Waals surface area contributed by atoms with E-state index in [0.29, 0.717) is 12.1 Å². The van der Waals surface area contributed by atoms with Crippen molar-refractivity contribution in [1.29, 1.82) is 0 Å². The van der Waals surface area contributed by atoms with E-state index in [-0.39, 0.29) is 5.60 Å². The summed E-state index contributed by atoms with van der Waals surface area (Å²) in [6.07, 6.45) is 11.7. The van der Waals surface area contributed by atoms with Crippen LogP contribution >= 0.6 is 0 Å². The molecule has 1 N–H and O–H groups in total. The largest absolute Gasteiger partial charge is 0.381 e. The zero-order valence-corrected chi connectivity index (χ0v) is 13.0. The molecule has 0 amide bonds. The molecule has 1 spiro atoms. The predicted octanol–water partition coefficient (Wildman–Crippen LogP) is 3.27. The van der Waals surface area contributed by atoms with Crippen LogP contribution in [0.5, 0.6) is 0 Å². The normalized spacial score (nSPS) is 33.1. The molecule has 2 aliphatic heterocycles. The van der Waals surface area contributed by atoms with Crippen molar-refractivity contribution < 1.29 is 9.47 Å². The van der Waals surface area contributed by atoms with E-state index in [2.05, 4.69) is 12.2 Å². The molecule has 0 aromatic rings. The molecule has 3 heteroatoms. The number of ether oxygens (including phenoxy) is 2. The van der Waals surface area contributed by atoms with E-state index in [1.807, 2.05) is 0 Å². The van der Waals surface area contributed by atoms with E-state index in [0.717, 1.165) is 38.6 Å². The Kier molecular flexibility index (Phi) is 5.00. The summed E-state index contributed by atoms with van der Waals surface area (Å²) in [4.78, 5) is 0. The number of nitrogens with one attached hydrogen (secondary N) is 1. The first-order valence-electron chi connectivity index (χ1n) is 8.75. The summed E-state index contributed by atoms with van der Waals surface area (Å²) in [6, 6.07) is 1.33. The topological polar surface area (TPSA) is 30.5 Å². The van der Waals surface area contributed by atoms with Crippen LogP contribution < -0.4 is 5.32 Å². The summed E-state index contributed by atoms with van der Waals surface area (Å²) >= 11 is 0. The maximum Gasteiger partial charge on any atom is 0.0741 e.